The van der Waals surface area contributed by atoms with Gasteiger partial charge in [-0.25, -0.2) is 0 Å². The molecule has 0 aromatic heterocycles. The molecule has 0 aliphatic carbocycles. The third kappa shape index (κ3) is 3.41. The summed E-state index contributed by atoms with van der Waals surface area (Å²) >= 11 is 0. The minimum Gasteiger partial charge on any atom is -0.372 e. The van der Waals surface area contributed by atoms with Crippen LogP contribution < -0.4 is 0 Å². The molecule has 0 unspecified atom stereocenters. The van der Waals surface area contributed by atoms with Crippen molar-refractivity contribution in [2.45, 2.75) is 26.7 Å². The number of nitrogens with zero attached hydrogens (tertiary/aromatic N) is 1. The summed E-state index contributed by atoms with van der Waals surface area (Å²) in [5.74, 6) is 0.857. The average Bonchev–Trinajstić information content (AvgIpc) is 2.30. The average molecular weight is 217 g/mol. The number of piperidine rings is 1. The van der Waals surface area contributed by atoms with Crippen LogP contribution in [0.25, 0.3) is 0 Å². The summed E-state index contributed by atoms with van der Waals surface area (Å²) in [7, 11) is 0. The molecule has 0 saturated carbocycles. The first-order valence-electron chi connectivity index (χ1n) is 6.08. The van der Waals surface area contributed by atoms with Gasteiger partial charge in [0.15, 0.2) is 0 Å². The van der Waals surface area contributed by atoms with E-state index in [1.54, 1.807) is 0 Å². The highest BCUT2D eigenvalue weighted by Crippen LogP contribution is 2.23. The second kappa shape index (κ2) is 6.37. The predicted molar refractivity (Wildman–Crippen MR) is 72.2 cm³/mol. The molecule has 1 nitrogen and oxygen atoms in total. The highest BCUT2D eigenvalue weighted by atomic mass is 15.1. The molecule has 88 valence electrons. The van der Waals surface area contributed by atoms with Crippen molar-refractivity contribution in [2.75, 3.05) is 13.1 Å². The smallest absolute Gasteiger partial charge is 0.0366 e. The molecule has 1 saturated heterocycles. The first-order valence-corrected chi connectivity index (χ1v) is 6.08. The molecular weight excluding hydrogens is 194 g/mol. The maximum Gasteiger partial charge on any atom is 0.0366 e. The number of allylic oxidation sites excluding steroid dienone is 4. The molecule has 0 aromatic carbocycles. The molecular formula is C15H23N. The summed E-state index contributed by atoms with van der Waals surface area (Å²) in [6.07, 6.45) is 10.6. The summed E-state index contributed by atoms with van der Waals surface area (Å²) in [6.45, 7) is 14.6. The normalized spacial score (nSPS) is 19.1. The molecule has 1 fully saturated rings. The highest BCUT2D eigenvalue weighted by Gasteiger charge is 2.17. The van der Waals surface area contributed by atoms with Crippen LogP contribution in [0.3, 0.4) is 0 Å². The molecule has 16 heavy (non-hydrogen) atoms. The maximum absolute atomic E-state index is 4.18. The van der Waals surface area contributed by atoms with Crippen molar-refractivity contribution >= 4 is 0 Å². The summed E-state index contributed by atoms with van der Waals surface area (Å²) in [5.41, 5.74) is 2.24. The number of rotatable bonds is 4. The van der Waals surface area contributed by atoms with E-state index in [0.717, 1.165) is 30.3 Å². The summed E-state index contributed by atoms with van der Waals surface area (Å²) in [5, 5.41) is 0. The van der Waals surface area contributed by atoms with E-state index >= 15 is 0 Å². The molecule has 0 atom stereocenters. The lowest BCUT2D eigenvalue weighted by Gasteiger charge is -2.33. The van der Waals surface area contributed by atoms with Crippen molar-refractivity contribution in [3.05, 3.63) is 48.7 Å². The quantitative estimate of drug-likeness (QED) is 0.645. The van der Waals surface area contributed by atoms with E-state index in [4.69, 9.17) is 0 Å². The lowest BCUT2D eigenvalue weighted by Crippen LogP contribution is -2.32. The van der Waals surface area contributed by atoms with Crippen LogP contribution in [0.2, 0.25) is 0 Å². The van der Waals surface area contributed by atoms with Gasteiger partial charge in [0.2, 0.25) is 0 Å². The standard InChI is InChI=1S/C15H23N/c1-5-7-8-15(6-2)14(4)16-11-9-13(3)10-12-16/h5-8,13H,2,4,9-12H2,1,3H3/b7-5-,15-8+. The Morgan fingerprint density at radius 2 is 1.94 bits per heavy atom. The van der Waals surface area contributed by atoms with Crippen LogP contribution in [0.5, 0.6) is 0 Å². The van der Waals surface area contributed by atoms with Crippen LogP contribution in [-0.2, 0) is 0 Å². The lowest BCUT2D eigenvalue weighted by molar-refractivity contribution is 0.242. The molecule has 1 heteroatoms. The maximum atomic E-state index is 4.18. The minimum absolute atomic E-state index is 0.857. The van der Waals surface area contributed by atoms with Crippen LogP contribution in [0.1, 0.15) is 26.7 Å². The zero-order chi connectivity index (χ0) is 12.0. The van der Waals surface area contributed by atoms with Gasteiger partial charge in [0.1, 0.15) is 0 Å². The summed E-state index contributed by atoms with van der Waals surface area (Å²) in [6, 6.07) is 0. The van der Waals surface area contributed by atoms with E-state index in [9.17, 15) is 0 Å². The van der Waals surface area contributed by atoms with Crippen molar-refractivity contribution in [1.29, 1.82) is 0 Å². The fourth-order valence-corrected chi connectivity index (χ4v) is 1.94. The first kappa shape index (κ1) is 12.8. The van der Waals surface area contributed by atoms with E-state index in [1.165, 1.54) is 12.8 Å². The minimum atomic E-state index is 0.857. The SMILES string of the molecule is C=C/C(=C\C=C/C)C(=C)N1CCC(C)CC1. The summed E-state index contributed by atoms with van der Waals surface area (Å²) < 4.78 is 0. The molecule has 1 heterocycles. The lowest BCUT2D eigenvalue weighted by atomic mass is 9.98. The molecule has 0 amide bonds. The third-order valence-electron chi connectivity index (χ3n) is 3.19. The van der Waals surface area contributed by atoms with E-state index in [1.807, 2.05) is 25.2 Å². The Morgan fingerprint density at radius 3 is 2.44 bits per heavy atom. The van der Waals surface area contributed by atoms with Gasteiger partial charge in [-0.3, -0.25) is 0 Å². The molecule has 1 aliphatic heterocycles. The van der Waals surface area contributed by atoms with Gasteiger partial charge in [-0.1, -0.05) is 44.4 Å². The second-order valence-electron chi connectivity index (χ2n) is 4.47. The number of likely N-dealkylation sites (tertiary alicyclic amines) is 1. The van der Waals surface area contributed by atoms with Crippen LogP contribution in [-0.4, -0.2) is 18.0 Å². The fourth-order valence-electron chi connectivity index (χ4n) is 1.94. The number of hydrogen-bond acceptors (Lipinski definition) is 1. The van der Waals surface area contributed by atoms with Gasteiger partial charge in [-0.2, -0.15) is 0 Å². The first-order chi connectivity index (χ1) is 7.69. The second-order valence-corrected chi connectivity index (χ2v) is 4.47. The molecule has 0 bridgehead atoms. The molecule has 1 rings (SSSR count). The zero-order valence-corrected chi connectivity index (χ0v) is 10.6. The van der Waals surface area contributed by atoms with Crippen LogP contribution in [0.4, 0.5) is 0 Å². The largest absolute Gasteiger partial charge is 0.372 e. The zero-order valence-electron chi connectivity index (χ0n) is 10.6. The van der Waals surface area contributed by atoms with Crippen molar-refractivity contribution < 1.29 is 0 Å². The Labute approximate surface area is 99.8 Å². The van der Waals surface area contributed by atoms with E-state index < -0.39 is 0 Å². The van der Waals surface area contributed by atoms with Gasteiger partial charge >= 0.3 is 0 Å². The van der Waals surface area contributed by atoms with Gasteiger partial charge in [-0.05, 0) is 31.3 Å². The van der Waals surface area contributed by atoms with Crippen molar-refractivity contribution in [1.82, 2.24) is 4.90 Å². The molecule has 0 aromatic rings. The topological polar surface area (TPSA) is 3.24 Å². The van der Waals surface area contributed by atoms with Crippen molar-refractivity contribution in [3.8, 4) is 0 Å². The van der Waals surface area contributed by atoms with Crippen LogP contribution >= 0.6 is 0 Å². The Hall–Kier alpha value is -1.24. The Kier molecular flexibility index (Phi) is 5.10. The molecule has 0 radical (unpaired) electrons. The van der Waals surface area contributed by atoms with Gasteiger partial charge in [-0.15, -0.1) is 0 Å². The summed E-state index contributed by atoms with van der Waals surface area (Å²) in [4.78, 5) is 2.37. The van der Waals surface area contributed by atoms with Crippen LogP contribution in [0, 0.1) is 5.92 Å². The van der Waals surface area contributed by atoms with Gasteiger partial charge in [0.25, 0.3) is 0 Å². The van der Waals surface area contributed by atoms with Crippen molar-refractivity contribution in [2.24, 2.45) is 5.92 Å². The predicted octanol–water partition coefficient (Wildman–Crippen LogP) is 3.92. The molecule has 0 N–H and O–H groups in total. The monoisotopic (exact) mass is 217 g/mol. The van der Waals surface area contributed by atoms with Gasteiger partial charge in [0.05, 0.1) is 0 Å². The Morgan fingerprint density at radius 1 is 1.31 bits per heavy atom. The highest BCUT2D eigenvalue weighted by molar-refractivity contribution is 5.38. The Balaban J connectivity index is 2.65. The van der Waals surface area contributed by atoms with Gasteiger partial charge in [0, 0.05) is 18.8 Å². The van der Waals surface area contributed by atoms with Gasteiger partial charge < -0.3 is 4.90 Å². The van der Waals surface area contributed by atoms with E-state index in [2.05, 4.69) is 31.1 Å². The Bertz CT molecular complexity index is 301. The van der Waals surface area contributed by atoms with E-state index in [-0.39, 0.29) is 0 Å². The van der Waals surface area contributed by atoms with Crippen molar-refractivity contribution in [3.63, 3.8) is 0 Å². The fraction of sp³-hybridized carbons (Fsp3) is 0.467. The number of hydrogen-bond donors (Lipinski definition) is 0. The molecule has 1 aliphatic rings. The molecule has 0 spiro atoms. The van der Waals surface area contributed by atoms with Crippen LogP contribution in [0.15, 0.2) is 48.7 Å². The third-order valence-corrected chi connectivity index (χ3v) is 3.19. The van der Waals surface area contributed by atoms with E-state index in [0.29, 0.717) is 0 Å².